The Bertz CT molecular complexity index is 95.3. The molecule has 8 heavy (non-hydrogen) atoms. The molecule has 0 saturated heterocycles. The summed E-state index contributed by atoms with van der Waals surface area (Å²) in [7, 11) is 0. The predicted molar refractivity (Wildman–Crippen MR) is 32.0 cm³/mol. The molecule has 0 aliphatic carbocycles. The minimum absolute atomic E-state index is 0.523. The summed E-state index contributed by atoms with van der Waals surface area (Å²) in [6, 6.07) is -0.877. The van der Waals surface area contributed by atoms with Crippen molar-refractivity contribution in [3.8, 4) is 0 Å². The maximum absolute atomic E-state index is 9.78. The van der Waals surface area contributed by atoms with Crippen LogP contribution in [-0.2, 0) is 0 Å². The van der Waals surface area contributed by atoms with Crippen LogP contribution in [0.5, 0.6) is 0 Å². The molecule has 0 aliphatic heterocycles. The summed E-state index contributed by atoms with van der Waals surface area (Å²) in [4.78, 5) is 8.34. The van der Waals surface area contributed by atoms with Crippen molar-refractivity contribution in [2.45, 2.75) is 17.8 Å². The highest BCUT2D eigenvalue weighted by molar-refractivity contribution is 6.44. The Morgan fingerprint density at radius 2 is 2.00 bits per heavy atom. The van der Waals surface area contributed by atoms with Crippen molar-refractivity contribution in [2.24, 2.45) is 0 Å². The summed E-state index contributed by atoms with van der Waals surface area (Å²) in [6.45, 7) is 1.35. The first-order valence-corrected chi connectivity index (χ1v) is 2.84. The van der Waals surface area contributed by atoms with Gasteiger partial charge in [0.05, 0.1) is 0 Å². The Balaban J connectivity index is 3.64. The van der Waals surface area contributed by atoms with Crippen molar-refractivity contribution in [1.29, 1.82) is 0 Å². The topological polar surface area (TPSA) is 43.1 Å². The number of hydrogen-bond acceptors (Lipinski definition) is 2. The number of alkyl halides is 2. The van der Waals surface area contributed by atoms with E-state index in [9.17, 15) is 10.1 Å². The molecule has 0 bridgehead atoms. The van der Waals surface area contributed by atoms with Gasteiger partial charge in [0.1, 0.15) is 0 Å². The molecular weight excluding hydrogens is 153 g/mol. The Kier molecular flexibility index (Phi) is 3.09. The molecule has 48 valence electrons. The van der Waals surface area contributed by atoms with Gasteiger partial charge >= 0.3 is 0 Å². The maximum Gasteiger partial charge on any atom is 0.240 e. The highest BCUT2D eigenvalue weighted by Crippen LogP contribution is 2.08. The van der Waals surface area contributed by atoms with Crippen LogP contribution in [0.3, 0.4) is 0 Å². The third-order valence-corrected chi connectivity index (χ3v) is 1.43. The van der Waals surface area contributed by atoms with Gasteiger partial charge in [-0.25, -0.2) is 0 Å². The van der Waals surface area contributed by atoms with Crippen LogP contribution in [0.15, 0.2) is 0 Å². The lowest BCUT2D eigenvalue weighted by molar-refractivity contribution is -0.514. The van der Waals surface area contributed by atoms with Crippen molar-refractivity contribution in [2.75, 3.05) is 0 Å². The standard InChI is InChI=1S/C3H5Cl2NO2/c1-2(3(4)5)6(7)8/h2-3H,1H3. The first kappa shape index (κ1) is 7.98. The molecule has 1 unspecified atom stereocenters. The van der Waals surface area contributed by atoms with Crippen LogP contribution in [0, 0.1) is 10.1 Å². The van der Waals surface area contributed by atoms with Crippen LogP contribution in [-0.4, -0.2) is 15.8 Å². The Morgan fingerprint density at radius 3 is 2.00 bits per heavy atom. The van der Waals surface area contributed by atoms with Gasteiger partial charge in [0.25, 0.3) is 0 Å². The second-order valence-electron chi connectivity index (χ2n) is 1.36. The van der Waals surface area contributed by atoms with E-state index >= 15 is 0 Å². The summed E-state index contributed by atoms with van der Waals surface area (Å²) in [5.41, 5.74) is 0. The number of hydrogen-bond donors (Lipinski definition) is 0. The fourth-order valence-electron chi connectivity index (χ4n) is 0.0920. The number of nitrogens with zero attached hydrogens (tertiary/aromatic N) is 1. The quantitative estimate of drug-likeness (QED) is 0.346. The fourth-order valence-corrected chi connectivity index (χ4v) is 0.276. The summed E-state index contributed by atoms with van der Waals surface area (Å²) < 4.78 is 0. The minimum atomic E-state index is -0.912. The van der Waals surface area contributed by atoms with Crippen LogP contribution in [0.25, 0.3) is 0 Å². The minimum Gasteiger partial charge on any atom is -0.264 e. The largest absolute Gasteiger partial charge is 0.264 e. The van der Waals surface area contributed by atoms with E-state index in [1.165, 1.54) is 6.92 Å². The van der Waals surface area contributed by atoms with E-state index in [1.54, 1.807) is 0 Å². The molecule has 0 N–H and O–H groups in total. The lowest BCUT2D eigenvalue weighted by atomic mass is 10.4. The Hall–Kier alpha value is -0.0200. The summed E-state index contributed by atoms with van der Waals surface area (Å²) in [5.74, 6) is 0. The van der Waals surface area contributed by atoms with Crippen molar-refractivity contribution < 1.29 is 4.92 Å². The van der Waals surface area contributed by atoms with Gasteiger partial charge in [-0.2, -0.15) is 0 Å². The van der Waals surface area contributed by atoms with Crippen molar-refractivity contribution >= 4 is 23.2 Å². The first-order chi connectivity index (χ1) is 3.55. The second kappa shape index (κ2) is 3.10. The van der Waals surface area contributed by atoms with E-state index in [2.05, 4.69) is 0 Å². The average molecular weight is 158 g/mol. The molecule has 0 aromatic carbocycles. The van der Waals surface area contributed by atoms with Crippen molar-refractivity contribution in [3.63, 3.8) is 0 Å². The summed E-state index contributed by atoms with van der Waals surface area (Å²) >= 11 is 10.3. The van der Waals surface area contributed by atoms with E-state index in [-0.39, 0.29) is 0 Å². The molecule has 0 radical (unpaired) electrons. The highest BCUT2D eigenvalue weighted by Gasteiger charge is 2.20. The molecule has 0 saturated carbocycles. The Labute approximate surface area is 56.7 Å². The van der Waals surface area contributed by atoms with Gasteiger partial charge in [-0.15, -0.1) is 0 Å². The van der Waals surface area contributed by atoms with E-state index in [0.717, 1.165) is 0 Å². The summed E-state index contributed by atoms with van der Waals surface area (Å²) in [5, 5.41) is 9.78. The van der Waals surface area contributed by atoms with Gasteiger partial charge in [-0.1, -0.05) is 23.2 Å². The van der Waals surface area contributed by atoms with Gasteiger partial charge in [0.2, 0.25) is 6.04 Å². The molecule has 0 aromatic rings. The maximum atomic E-state index is 9.78. The zero-order chi connectivity index (χ0) is 6.73. The molecule has 5 heteroatoms. The SMILES string of the molecule is CC(C(Cl)Cl)[N+](=O)[O-]. The third kappa shape index (κ3) is 2.33. The lowest BCUT2D eigenvalue weighted by Gasteiger charge is -2.00. The third-order valence-electron chi connectivity index (χ3n) is 0.697. The molecule has 0 heterocycles. The van der Waals surface area contributed by atoms with Gasteiger partial charge in [-0.05, 0) is 0 Å². The van der Waals surface area contributed by atoms with Crippen molar-refractivity contribution in [1.82, 2.24) is 0 Å². The van der Waals surface area contributed by atoms with Crippen LogP contribution >= 0.6 is 23.2 Å². The van der Waals surface area contributed by atoms with Crippen molar-refractivity contribution in [3.05, 3.63) is 10.1 Å². The molecular formula is C3H5Cl2NO2. The van der Waals surface area contributed by atoms with Gasteiger partial charge in [-0.3, -0.25) is 10.1 Å². The van der Waals surface area contributed by atoms with Crippen LogP contribution in [0.2, 0.25) is 0 Å². The molecule has 0 fully saturated rings. The number of nitro groups is 1. The average Bonchev–Trinajstić information content (AvgIpc) is 1.64. The molecule has 0 aromatic heterocycles. The van der Waals surface area contributed by atoms with Crippen LogP contribution in [0.4, 0.5) is 0 Å². The highest BCUT2D eigenvalue weighted by atomic mass is 35.5. The number of halogens is 2. The fraction of sp³-hybridized carbons (Fsp3) is 1.00. The van der Waals surface area contributed by atoms with E-state index < -0.39 is 15.8 Å². The molecule has 3 nitrogen and oxygen atoms in total. The number of rotatable bonds is 2. The van der Waals surface area contributed by atoms with Crippen LogP contribution < -0.4 is 0 Å². The van der Waals surface area contributed by atoms with Gasteiger partial charge < -0.3 is 0 Å². The smallest absolute Gasteiger partial charge is 0.240 e. The molecule has 0 aliphatic rings. The zero-order valence-corrected chi connectivity index (χ0v) is 5.69. The van der Waals surface area contributed by atoms with E-state index in [1.807, 2.05) is 0 Å². The molecule has 0 spiro atoms. The van der Waals surface area contributed by atoms with Gasteiger partial charge in [0, 0.05) is 11.8 Å². The molecule has 0 rings (SSSR count). The predicted octanol–water partition coefficient (Wildman–Crippen LogP) is 1.46. The first-order valence-electron chi connectivity index (χ1n) is 1.97. The monoisotopic (exact) mass is 157 g/mol. The zero-order valence-electron chi connectivity index (χ0n) is 4.17. The molecule has 0 amide bonds. The van der Waals surface area contributed by atoms with E-state index in [4.69, 9.17) is 23.2 Å². The van der Waals surface area contributed by atoms with Gasteiger partial charge in [0.15, 0.2) is 4.84 Å². The molecule has 1 atom stereocenters. The van der Waals surface area contributed by atoms with Crippen LogP contribution in [0.1, 0.15) is 6.92 Å². The van der Waals surface area contributed by atoms with E-state index in [0.29, 0.717) is 0 Å². The lowest BCUT2D eigenvalue weighted by Crippen LogP contribution is -2.21. The normalized spacial score (nSPS) is 14.0. The summed E-state index contributed by atoms with van der Waals surface area (Å²) in [6.07, 6.45) is 0. The Morgan fingerprint density at radius 1 is 1.62 bits per heavy atom. The second-order valence-corrected chi connectivity index (χ2v) is 2.52.